The molecule has 6 nitrogen and oxygen atoms in total. The van der Waals surface area contributed by atoms with Crippen LogP contribution >= 0.6 is 0 Å². The van der Waals surface area contributed by atoms with Gasteiger partial charge in [-0.25, -0.2) is 9.59 Å². The van der Waals surface area contributed by atoms with E-state index >= 15 is 0 Å². The van der Waals surface area contributed by atoms with Crippen LogP contribution in [0.25, 0.3) is 0 Å². The van der Waals surface area contributed by atoms with Gasteiger partial charge in [-0.3, -0.25) is 0 Å². The maximum absolute atomic E-state index is 12.5. The molecule has 1 N–H and O–H groups in total. The summed E-state index contributed by atoms with van der Waals surface area (Å²) in [6, 6.07) is 6.59. The highest BCUT2D eigenvalue weighted by Crippen LogP contribution is 2.27. The molecule has 6 heteroatoms. The quantitative estimate of drug-likeness (QED) is 0.536. The lowest BCUT2D eigenvalue weighted by Gasteiger charge is -2.26. The number of esters is 2. The number of anilines is 1. The number of hydrogen-bond donors (Lipinski definition) is 1. The second kappa shape index (κ2) is 9.57. The highest BCUT2D eigenvalue weighted by Gasteiger charge is 2.49. The summed E-state index contributed by atoms with van der Waals surface area (Å²) in [5.74, 6) is -1.88. The van der Waals surface area contributed by atoms with Crippen LogP contribution in [0.2, 0.25) is 0 Å². The van der Waals surface area contributed by atoms with E-state index in [4.69, 9.17) is 9.47 Å². The molecule has 0 saturated carbocycles. The van der Waals surface area contributed by atoms with E-state index in [1.807, 2.05) is 46.6 Å². The van der Waals surface area contributed by atoms with Gasteiger partial charge in [-0.2, -0.15) is 0 Å². The SMILES string of the molecule is CCN(C)c1ccc(C(O)(C(=O)OCC(C)C)C(=O)OCC(C)C)cc1. The summed E-state index contributed by atoms with van der Waals surface area (Å²) in [4.78, 5) is 27.1. The minimum atomic E-state index is -2.48. The smallest absolute Gasteiger partial charge is 0.354 e. The first-order valence-electron chi connectivity index (χ1n) is 9.01. The number of carbonyl (C=O) groups excluding carboxylic acids is 2. The topological polar surface area (TPSA) is 76.1 Å². The number of rotatable bonds is 9. The van der Waals surface area contributed by atoms with E-state index in [-0.39, 0.29) is 30.6 Å². The standard InChI is InChI=1S/C20H31NO5/c1-7-21(6)17-10-8-16(9-11-17)20(24,18(22)25-12-14(2)3)19(23)26-13-15(4)5/h8-11,14-15,24H,7,12-13H2,1-6H3. The zero-order valence-electron chi connectivity index (χ0n) is 16.6. The van der Waals surface area contributed by atoms with Gasteiger partial charge in [0.15, 0.2) is 0 Å². The van der Waals surface area contributed by atoms with E-state index < -0.39 is 17.5 Å². The van der Waals surface area contributed by atoms with Crippen LogP contribution in [0.15, 0.2) is 24.3 Å². The fourth-order valence-electron chi connectivity index (χ4n) is 2.15. The third-order valence-electron chi connectivity index (χ3n) is 3.89. The summed E-state index contributed by atoms with van der Waals surface area (Å²) < 4.78 is 10.3. The Morgan fingerprint density at radius 1 is 1.00 bits per heavy atom. The number of aliphatic hydroxyl groups is 1. The Bertz CT molecular complexity index is 571. The van der Waals surface area contributed by atoms with E-state index in [0.29, 0.717) is 0 Å². The first kappa shape index (κ1) is 22.0. The Hall–Kier alpha value is -2.08. The van der Waals surface area contributed by atoms with Crippen molar-refractivity contribution in [2.75, 3.05) is 31.7 Å². The number of carbonyl (C=O) groups is 2. The van der Waals surface area contributed by atoms with Gasteiger partial charge in [0.2, 0.25) is 0 Å². The average molecular weight is 365 g/mol. The van der Waals surface area contributed by atoms with E-state index in [1.165, 1.54) is 0 Å². The molecule has 146 valence electrons. The minimum Gasteiger partial charge on any atom is -0.463 e. The van der Waals surface area contributed by atoms with E-state index in [1.54, 1.807) is 24.3 Å². The third-order valence-corrected chi connectivity index (χ3v) is 3.89. The van der Waals surface area contributed by atoms with Crippen molar-refractivity contribution in [1.82, 2.24) is 0 Å². The van der Waals surface area contributed by atoms with Gasteiger partial charge >= 0.3 is 11.9 Å². The minimum absolute atomic E-state index is 0.0791. The maximum atomic E-state index is 12.5. The molecule has 26 heavy (non-hydrogen) atoms. The van der Waals surface area contributed by atoms with Gasteiger partial charge in [0, 0.05) is 24.8 Å². The molecule has 1 aromatic carbocycles. The first-order chi connectivity index (χ1) is 12.1. The Labute approximate surface area is 156 Å². The molecule has 0 heterocycles. The molecule has 0 amide bonds. The van der Waals surface area contributed by atoms with E-state index in [2.05, 4.69) is 0 Å². The monoisotopic (exact) mass is 365 g/mol. The lowest BCUT2D eigenvalue weighted by molar-refractivity contribution is -0.186. The van der Waals surface area contributed by atoms with Crippen molar-refractivity contribution in [3.8, 4) is 0 Å². The van der Waals surface area contributed by atoms with Gasteiger partial charge in [0.05, 0.1) is 13.2 Å². The van der Waals surface area contributed by atoms with Crippen molar-refractivity contribution in [3.63, 3.8) is 0 Å². The molecule has 0 unspecified atom stereocenters. The van der Waals surface area contributed by atoms with Gasteiger partial charge in [0.25, 0.3) is 5.60 Å². The van der Waals surface area contributed by atoms with Crippen LogP contribution in [0.3, 0.4) is 0 Å². The van der Waals surface area contributed by atoms with Crippen LogP contribution in [0.5, 0.6) is 0 Å². The number of ether oxygens (including phenoxy) is 2. The van der Waals surface area contributed by atoms with Crippen molar-refractivity contribution in [2.45, 2.75) is 40.2 Å². The molecule has 0 aliphatic heterocycles. The largest absolute Gasteiger partial charge is 0.463 e. The van der Waals surface area contributed by atoms with Gasteiger partial charge in [0.1, 0.15) is 0 Å². The lowest BCUT2D eigenvalue weighted by Crippen LogP contribution is -2.46. The molecule has 0 radical (unpaired) electrons. The number of benzene rings is 1. The van der Waals surface area contributed by atoms with Crippen molar-refractivity contribution in [3.05, 3.63) is 29.8 Å². The van der Waals surface area contributed by atoms with Crippen LogP contribution in [0.4, 0.5) is 5.69 Å². The molecule has 0 aliphatic carbocycles. The molecular formula is C20H31NO5. The zero-order chi connectivity index (χ0) is 19.9. The van der Waals surface area contributed by atoms with Gasteiger partial charge in [-0.1, -0.05) is 39.8 Å². The molecule has 1 aromatic rings. The number of nitrogens with zero attached hydrogens (tertiary/aromatic N) is 1. The second-order valence-corrected chi connectivity index (χ2v) is 7.26. The molecule has 0 atom stereocenters. The van der Waals surface area contributed by atoms with Crippen LogP contribution in [-0.4, -0.2) is 43.9 Å². The molecule has 0 fully saturated rings. The van der Waals surface area contributed by atoms with Crippen LogP contribution in [-0.2, 0) is 24.7 Å². The fraction of sp³-hybridized carbons (Fsp3) is 0.600. The summed E-state index contributed by atoms with van der Waals surface area (Å²) in [7, 11) is 1.93. The highest BCUT2D eigenvalue weighted by atomic mass is 16.6. The predicted octanol–water partition coefficient (Wildman–Crippen LogP) is 2.73. The molecule has 1 rings (SSSR count). The van der Waals surface area contributed by atoms with Crippen molar-refractivity contribution < 1.29 is 24.2 Å². The van der Waals surface area contributed by atoms with Gasteiger partial charge in [-0.15, -0.1) is 0 Å². The van der Waals surface area contributed by atoms with E-state index in [0.717, 1.165) is 12.2 Å². The Balaban J connectivity index is 3.17. The summed E-state index contributed by atoms with van der Waals surface area (Å²) >= 11 is 0. The summed E-state index contributed by atoms with van der Waals surface area (Å²) in [5.41, 5.74) is -1.44. The molecular weight excluding hydrogens is 334 g/mol. The molecule has 0 saturated heterocycles. The maximum Gasteiger partial charge on any atom is 0.354 e. The predicted molar refractivity (Wildman–Crippen MR) is 101 cm³/mol. The van der Waals surface area contributed by atoms with Gasteiger partial charge < -0.3 is 19.5 Å². The summed E-state index contributed by atoms with van der Waals surface area (Å²) in [6.45, 7) is 10.5. The second-order valence-electron chi connectivity index (χ2n) is 7.26. The van der Waals surface area contributed by atoms with Crippen molar-refractivity contribution in [2.24, 2.45) is 11.8 Å². The molecule has 0 bridgehead atoms. The molecule has 0 spiro atoms. The Morgan fingerprint density at radius 3 is 1.77 bits per heavy atom. The average Bonchev–Trinajstić information content (AvgIpc) is 2.62. The van der Waals surface area contributed by atoms with Crippen LogP contribution in [0, 0.1) is 11.8 Å². The third kappa shape index (κ3) is 5.46. The first-order valence-corrected chi connectivity index (χ1v) is 9.01. The van der Waals surface area contributed by atoms with E-state index in [9.17, 15) is 14.7 Å². The lowest BCUT2D eigenvalue weighted by atomic mass is 9.93. The van der Waals surface area contributed by atoms with Gasteiger partial charge in [-0.05, 0) is 30.9 Å². The number of hydrogen-bond acceptors (Lipinski definition) is 6. The highest BCUT2D eigenvalue weighted by molar-refractivity contribution is 6.04. The van der Waals surface area contributed by atoms with Crippen LogP contribution < -0.4 is 4.90 Å². The summed E-state index contributed by atoms with van der Waals surface area (Å²) in [6.07, 6.45) is 0. The van der Waals surface area contributed by atoms with Crippen LogP contribution in [0.1, 0.15) is 40.2 Å². The molecule has 0 aromatic heterocycles. The zero-order valence-corrected chi connectivity index (χ0v) is 16.6. The summed E-state index contributed by atoms with van der Waals surface area (Å²) in [5, 5.41) is 11.0. The Morgan fingerprint density at radius 2 is 1.42 bits per heavy atom. The fourth-order valence-corrected chi connectivity index (χ4v) is 2.15. The van der Waals surface area contributed by atoms with Crippen molar-refractivity contribution in [1.29, 1.82) is 0 Å². The Kier molecular flexibility index (Phi) is 8.08. The van der Waals surface area contributed by atoms with Crippen molar-refractivity contribution >= 4 is 17.6 Å². The molecule has 0 aliphatic rings. The normalized spacial score (nSPS) is 11.6.